The van der Waals surface area contributed by atoms with Gasteiger partial charge in [-0.3, -0.25) is 4.79 Å². The largest absolute Gasteiger partial charge is 0.364 e. The van der Waals surface area contributed by atoms with Crippen LogP contribution in [0.25, 0.3) is 10.9 Å². The second-order valence-corrected chi connectivity index (χ2v) is 3.62. The molecule has 0 saturated carbocycles. The molecule has 0 bridgehead atoms. The Balaban J connectivity index is 2.88. The molecule has 5 heteroatoms. The Morgan fingerprint density at radius 3 is 2.80 bits per heavy atom. The summed E-state index contributed by atoms with van der Waals surface area (Å²) in [5.74, 6) is -1.07. The monoisotopic (exact) mass is 226 g/mol. The van der Waals surface area contributed by atoms with Crippen molar-refractivity contribution < 1.29 is 9.18 Å². The Kier molecular flexibility index (Phi) is 2.16. The summed E-state index contributed by atoms with van der Waals surface area (Å²) in [7, 11) is 1.68. The third-order valence-corrected chi connectivity index (χ3v) is 2.75. The van der Waals surface area contributed by atoms with Gasteiger partial charge in [0, 0.05) is 12.4 Å². The number of hydrogen-bond donors (Lipinski definition) is 1. The van der Waals surface area contributed by atoms with Gasteiger partial charge in [0.25, 0.3) is 5.91 Å². The first kappa shape index (κ1) is 9.98. The fraction of sp³-hybridized carbons (Fsp3) is 0.100. The summed E-state index contributed by atoms with van der Waals surface area (Å²) >= 11 is 5.78. The fourth-order valence-corrected chi connectivity index (χ4v) is 1.80. The molecule has 0 saturated heterocycles. The van der Waals surface area contributed by atoms with Crippen LogP contribution in [0.3, 0.4) is 0 Å². The van der Waals surface area contributed by atoms with Gasteiger partial charge < -0.3 is 10.3 Å². The van der Waals surface area contributed by atoms with E-state index < -0.39 is 11.7 Å². The Labute approximate surface area is 90.2 Å². The lowest BCUT2D eigenvalue weighted by molar-refractivity contribution is 0.0993. The van der Waals surface area contributed by atoms with Gasteiger partial charge in [0.1, 0.15) is 11.5 Å². The van der Waals surface area contributed by atoms with Gasteiger partial charge >= 0.3 is 0 Å². The van der Waals surface area contributed by atoms with E-state index in [0.717, 1.165) is 0 Å². The highest BCUT2D eigenvalue weighted by Gasteiger charge is 2.14. The van der Waals surface area contributed by atoms with Gasteiger partial charge in [0.05, 0.1) is 10.5 Å². The van der Waals surface area contributed by atoms with Crippen molar-refractivity contribution in [3.05, 3.63) is 34.7 Å². The molecule has 78 valence electrons. The first-order valence-corrected chi connectivity index (χ1v) is 4.63. The van der Waals surface area contributed by atoms with Gasteiger partial charge in [-0.2, -0.15) is 0 Å². The minimum absolute atomic E-state index is 0.00981. The van der Waals surface area contributed by atoms with Gasteiger partial charge in [0.2, 0.25) is 0 Å². The van der Waals surface area contributed by atoms with E-state index in [0.29, 0.717) is 16.6 Å². The number of benzene rings is 1. The molecule has 0 aliphatic rings. The van der Waals surface area contributed by atoms with Crippen LogP contribution in [0.15, 0.2) is 18.2 Å². The quantitative estimate of drug-likeness (QED) is 0.795. The summed E-state index contributed by atoms with van der Waals surface area (Å²) in [6.45, 7) is 0. The van der Waals surface area contributed by atoms with Crippen LogP contribution in [-0.4, -0.2) is 10.5 Å². The van der Waals surface area contributed by atoms with E-state index in [4.69, 9.17) is 17.3 Å². The minimum atomic E-state index is -0.565. The van der Waals surface area contributed by atoms with Crippen LogP contribution in [0.1, 0.15) is 10.5 Å². The molecule has 0 unspecified atom stereocenters. The molecule has 2 N–H and O–H groups in total. The molecule has 2 aromatic rings. The van der Waals surface area contributed by atoms with Crippen molar-refractivity contribution in [3.63, 3.8) is 0 Å². The number of carbonyl (C=O) groups is 1. The maximum atomic E-state index is 13.1. The molecule has 0 aliphatic carbocycles. The maximum absolute atomic E-state index is 13.1. The molecule has 0 aliphatic heterocycles. The van der Waals surface area contributed by atoms with E-state index in [9.17, 15) is 9.18 Å². The number of aryl methyl sites for hydroxylation is 1. The third kappa shape index (κ3) is 1.37. The average molecular weight is 227 g/mol. The Hall–Kier alpha value is -1.55. The topological polar surface area (TPSA) is 48.0 Å². The van der Waals surface area contributed by atoms with Crippen molar-refractivity contribution >= 4 is 28.4 Å². The molecule has 0 fully saturated rings. The highest BCUT2D eigenvalue weighted by Crippen LogP contribution is 2.28. The number of nitrogens with zero attached hydrogens (tertiary/aromatic N) is 1. The third-order valence-electron chi connectivity index (χ3n) is 2.37. The smallest absolute Gasteiger partial charge is 0.265 e. The summed E-state index contributed by atoms with van der Waals surface area (Å²) < 4.78 is 14.7. The zero-order valence-electron chi connectivity index (χ0n) is 7.92. The number of nitrogens with two attached hydrogens (primary N) is 1. The van der Waals surface area contributed by atoms with Crippen LogP contribution in [-0.2, 0) is 7.05 Å². The van der Waals surface area contributed by atoms with Crippen LogP contribution in [0.5, 0.6) is 0 Å². The van der Waals surface area contributed by atoms with Crippen LogP contribution in [0, 0.1) is 5.82 Å². The highest BCUT2D eigenvalue weighted by atomic mass is 35.5. The summed E-state index contributed by atoms with van der Waals surface area (Å²) in [6, 6.07) is 4.31. The van der Waals surface area contributed by atoms with Gasteiger partial charge in [0.15, 0.2) is 0 Å². The van der Waals surface area contributed by atoms with E-state index in [-0.39, 0.29) is 5.02 Å². The number of amides is 1. The molecular formula is C10H8ClFN2O. The molecule has 15 heavy (non-hydrogen) atoms. The lowest BCUT2D eigenvalue weighted by atomic mass is 10.2. The normalized spacial score (nSPS) is 10.9. The number of primary amides is 1. The predicted octanol–water partition coefficient (Wildman–Crippen LogP) is 2.07. The molecule has 1 aromatic heterocycles. The van der Waals surface area contributed by atoms with Crippen LogP contribution < -0.4 is 5.73 Å². The lowest BCUT2D eigenvalue weighted by Crippen LogP contribution is -2.14. The SMILES string of the molecule is Cn1c(C(N)=O)cc2c(Cl)c(F)ccc21. The second-order valence-electron chi connectivity index (χ2n) is 3.25. The van der Waals surface area contributed by atoms with Gasteiger partial charge in [-0.15, -0.1) is 0 Å². The molecule has 1 amide bonds. The van der Waals surface area contributed by atoms with E-state index in [1.807, 2.05) is 0 Å². The fourth-order valence-electron chi connectivity index (χ4n) is 1.59. The van der Waals surface area contributed by atoms with Gasteiger partial charge in [-0.05, 0) is 18.2 Å². The van der Waals surface area contributed by atoms with Crippen molar-refractivity contribution in [1.82, 2.24) is 4.57 Å². The van der Waals surface area contributed by atoms with Crippen molar-refractivity contribution in [2.45, 2.75) is 0 Å². The first-order chi connectivity index (χ1) is 7.02. The molecule has 0 atom stereocenters. The molecule has 1 heterocycles. The number of carbonyl (C=O) groups excluding carboxylic acids is 1. The number of aromatic nitrogens is 1. The van der Waals surface area contributed by atoms with Crippen molar-refractivity contribution in [3.8, 4) is 0 Å². The van der Waals surface area contributed by atoms with Crippen molar-refractivity contribution in [1.29, 1.82) is 0 Å². The number of halogens is 2. The number of fused-ring (bicyclic) bond motifs is 1. The summed E-state index contributed by atoms with van der Waals surface area (Å²) in [4.78, 5) is 11.1. The van der Waals surface area contributed by atoms with E-state index in [1.54, 1.807) is 17.7 Å². The van der Waals surface area contributed by atoms with Crippen LogP contribution >= 0.6 is 11.6 Å². The zero-order chi connectivity index (χ0) is 11.2. The first-order valence-electron chi connectivity index (χ1n) is 4.25. The molecule has 3 nitrogen and oxygen atoms in total. The number of rotatable bonds is 1. The molecular weight excluding hydrogens is 219 g/mol. The molecule has 2 rings (SSSR count). The average Bonchev–Trinajstić information content (AvgIpc) is 2.51. The van der Waals surface area contributed by atoms with Crippen LogP contribution in [0.2, 0.25) is 5.02 Å². The molecule has 0 radical (unpaired) electrons. The number of hydrogen-bond acceptors (Lipinski definition) is 1. The van der Waals surface area contributed by atoms with Gasteiger partial charge in [-0.25, -0.2) is 4.39 Å². The highest BCUT2D eigenvalue weighted by molar-refractivity contribution is 6.35. The Bertz CT molecular complexity index is 562. The second kappa shape index (κ2) is 3.24. The molecule has 1 aromatic carbocycles. The lowest BCUT2D eigenvalue weighted by Gasteiger charge is -2.00. The summed E-state index contributed by atoms with van der Waals surface area (Å²) in [5.41, 5.74) is 6.15. The standard InChI is InChI=1S/C10H8ClFN2O/c1-14-7-3-2-6(12)9(11)5(7)4-8(14)10(13)15/h2-4H,1H3,(H2,13,15). The predicted molar refractivity (Wildman–Crippen MR) is 56.4 cm³/mol. The van der Waals surface area contributed by atoms with E-state index >= 15 is 0 Å². The minimum Gasteiger partial charge on any atom is -0.364 e. The summed E-state index contributed by atoms with van der Waals surface area (Å²) in [6.07, 6.45) is 0. The van der Waals surface area contributed by atoms with Crippen molar-refractivity contribution in [2.75, 3.05) is 0 Å². The Morgan fingerprint density at radius 2 is 2.20 bits per heavy atom. The van der Waals surface area contributed by atoms with Gasteiger partial charge in [-0.1, -0.05) is 11.6 Å². The zero-order valence-corrected chi connectivity index (χ0v) is 8.68. The summed E-state index contributed by atoms with van der Waals surface area (Å²) in [5, 5.41) is 0.503. The maximum Gasteiger partial charge on any atom is 0.265 e. The van der Waals surface area contributed by atoms with Crippen LogP contribution in [0.4, 0.5) is 4.39 Å². The van der Waals surface area contributed by atoms with E-state index in [2.05, 4.69) is 0 Å². The Morgan fingerprint density at radius 1 is 1.53 bits per heavy atom. The molecule has 0 spiro atoms. The van der Waals surface area contributed by atoms with E-state index in [1.165, 1.54) is 12.1 Å². The van der Waals surface area contributed by atoms with Crippen molar-refractivity contribution in [2.24, 2.45) is 12.8 Å².